The predicted octanol–water partition coefficient (Wildman–Crippen LogP) is 6.36. The van der Waals surface area contributed by atoms with E-state index in [1.54, 1.807) is 0 Å². The van der Waals surface area contributed by atoms with Crippen LogP contribution in [-0.2, 0) is 4.79 Å². The fraction of sp³-hybridized carbons (Fsp3) is 0.250. The zero-order chi connectivity index (χ0) is 16.6. The molecule has 1 aliphatic rings. The summed E-state index contributed by atoms with van der Waals surface area (Å²) in [5.41, 5.74) is 5.88. The highest BCUT2D eigenvalue weighted by Gasteiger charge is 2.25. The monoisotopic (exact) mass is 432 g/mol. The van der Waals surface area contributed by atoms with Crippen molar-refractivity contribution >= 4 is 43.2 Å². The van der Waals surface area contributed by atoms with E-state index in [4.69, 9.17) is 0 Å². The number of hydrogen-bond acceptors (Lipinski definition) is 1. The van der Waals surface area contributed by atoms with E-state index >= 15 is 0 Å². The van der Waals surface area contributed by atoms with Gasteiger partial charge >= 0.3 is 0 Å². The molecule has 0 N–H and O–H groups in total. The maximum Gasteiger partial charge on any atom is 0.156 e. The predicted molar refractivity (Wildman–Crippen MR) is 103 cm³/mol. The van der Waals surface area contributed by atoms with Crippen molar-refractivity contribution in [1.82, 2.24) is 0 Å². The minimum Gasteiger partial charge on any atom is -0.295 e. The summed E-state index contributed by atoms with van der Waals surface area (Å²) in [6.07, 6.45) is 3.28. The first-order chi connectivity index (χ1) is 11.0. The molecule has 1 atom stereocenters. The summed E-state index contributed by atoms with van der Waals surface area (Å²) in [4.78, 5) is 12.3. The Labute approximate surface area is 154 Å². The molecule has 1 aliphatic carbocycles. The Morgan fingerprint density at radius 1 is 0.913 bits per heavy atom. The van der Waals surface area contributed by atoms with Crippen LogP contribution >= 0.6 is 31.9 Å². The van der Waals surface area contributed by atoms with Crippen molar-refractivity contribution in [2.24, 2.45) is 0 Å². The average Bonchev–Trinajstić information content (AvgIpc) is 2.52. The summed E-state index contributed by atoms with van der Waals surface area (Å²) in [5.74, 6) is 0.433. The molecule has 0 fully saturated rings. The Kier molecular flexibility index (Phi) is 4.88. The quantitative estimate of drug-likeness (QED) is 0.538. The molecular formula is C20H18Br2O. The molecule has 0 bridgehead atoms. The summed E-state index contributed by atoms with van der Waals surface area (Å²) in [5, 5.41) is 0. The molecule has 3 rings (SSSR count). The molecule has 2 aromatic rings. The lowest BCUT2D eigenvalue weighted by Crippen LogP contribution is -2.13. The Morgan fingerprint density at radius 2 is 1.57 bits per heavy atom. The van der Waals surface area contributed by atoms with Crippen LogP contribution in [0.25, 0.3) is 5.57 Å². The van der Waals surface area contributed by atoms with E-state index in [0.717, 1.165) is 26.5 Å². The topological polar surface area (TPSA) is 17.1 Å². The number of hydrogen-bond donors (Lipinski definition) is 0. The molecule has 0 heterocycles. The molecule has 0 saturated carbocycles. The molecular weight excluding hydrogens is 416 g/mol. The number of rotatable bonds is 2. The molecule has 0 amide bonds. The van der Waals surface area contributed by atoms with Crippen LogP contribution in [0.4, 0.5) is 0 Å². The van der Waals surface area contributed by atoms with Gasteiger partial charge in [0.2, 0.25) is 0 Å². The zero-order valence-electron chi connectivity index (χ0n) is 13.2. The normalized spacial score (nSPS) is 18.0. The third-order valence-corrected chi connectivity index (χ3v) is 6.58. The highest BCUT2D eigenvalue weighted by atomic mass is 79.9. The van der Waals surface area contributed by atoms with Crippen LogP contribution in [0.1, 0.15) is 41.0 Å². The first-order valence-electron chi connectivity index (χ1n) is 7.71. The summed E-state index contributed by atoms with van der Waals surface area (Å²) in [6.45, 7) is 4.17. The Bertz CT molecular complexity index is 805. The number of carbonyl (C=O) groups excluding carboxylic acids is 1. The van der Waals surface area contributed by atoms with Gasteiger partial charge in [0.25, 0.3) is 0 Å². The molecule has 0 aromatic heterocycles. The molecule has 1 nitrogen and oxygen atoms in total. The summed E-state index contributed by atoms with van der Waals surface area (Å²) in [6, 6.07) is 12.5. The van der Waals surface area contributed by atoms with Gasteiger partial charge in [-0.1, -0.05) is 52.3 Å². The maximum atomic E-state index is 12.3. The Balaban J connectivity index is 2.00. The largest absolute Gasteiger partial charge is 0.295 e. The van der Waals surface area contributed by atoms with Crippen molar-refractivity contribution in [2.45, 2.75) is 32.6 Å². The minimum absolute atomic E-state index is 0.207. The highest BCUT2D eigenvalue weighted by Crippen LogP contribution is 2.41. The van der Waals surface area contributed by atoms with Gasteiger partial charge in [-0.05, 0) is 76.0 Å². The highest BCUT2D eigenvalue weighted by molar-refractivity contribution is 9.10. The lowest BCUT2D eigenvalue weighted by atomic mass is 9.80. The fourth-order valence-electron chi connectivity index (χ4n) is 3.18. The van der Waals surface area contributed by atoms with E-state index in [1.165, 1.54) is 16.7 Å². The van der Waals surface area contributed by atoms with Crippen LogP contribution in [0, 0.1) is 13.8 Å². The first-order valence-corrected chi connectivity index (χ1v) is 9.30. The number of benzene rings is 2. The van der Waals surface area contributed by atoms with E-state index < -0.39 is 0 Å². The summed E-state index contributed by atoms with van der Waals surface area (Å²) >= 11 is 7.37. The number of halogens is 2. The van der Waals surface area contributed by atoms with Crippen LogP contribution < -0.4 is 0 Å². The van der Waals surface area contributed by atoms with Crippen LogP contribution in [0.15, 0.2) is 51.4 Å². The molecule has 118 valence electrons. The van der Waals surface area contributed by atoms with Gasteiger partial charge in [-0.25, -0.2) is 0 Å². The van der Waals surface area contributed by atoms with Gasteiger partial charge in [-0.2, -0.15) is 0 Å². The van der Waals surface area contributed by atoms with Gasteiger partial charge in [-0.3, -0.25) is 4.79 Å². The van der Waals surface area contributed by atoms with E-state index in [-0.39, 0.29) is 11.7 Å². The van der Waals surface area contributed by atoms with E-state index in [0.29, 0.717) is 6.42 Å². The van der Waals surface area contributed by atoms with Gasteiger partial charge in [0, 0.05) is 15.4 Å². The van der Waals surface area contributed by atoms with Crippen LogP contribution in [0.3, 0.4) is 0 Å². The number of allylic oxidation sites excluding steroid dienone is 2. The maximum absolute atomic E-state index is 12.3. The third kappa shape index (κ3) is 3.36. The van der Waals surface area contributed by atoms with Crippen molar-refractivity contribution in [3.8, 4) is 0 Å². The Hall–Kier alpha value is -1.19. The van der Waals surface area contributed by atoms with E-state index in [1.807, 2.05) is 12.1 Å². The van der Waals surface area contributed by atoms with E-state index in [9.17, 15) is 4.79 Å². The van der Waals surface area contributed by atoms with Crippen molar-refractivity contribution in [1.29, 1.82) is 0 Å². The number of ketones is 1. The summed E-state index contributed by atoms with van der Waals surface area (Å²) in [7, 11) is 0. The second-order valence-electron chi connectivity index (χ2n) is 6.16. The van der Waals surface area contributed by atoms with Gasteiger partial charge < -0.3 is 0 Å². The number of aryl methyl sites for hydroxylation is 2. The zero-order valence-corrected chi connectivity index (χ0v) is 16.4. The lowest BCUT2D eigenvalue weighted by Gasteiger charge is -2.25. The van der Waals surface area contributed by atoms with Gasteiger partial charge in [-0.15, -0.1) is 0 Å². The Morgan fingerprint density at radius 3 is 2.30 bits per heavy atom. The van der Waals surface area contributed by atoms with Crippen molar-refractivity contribution in [3.63, 3.8) is 0 Å². The third-order valence-electron chi connectivity index (χ3n) is 4.45. The average molecular weight is 434 g/mol. The molecule has 2 aromatic carbocycles. The number of carbonyl (C=O) groups is 1. The van der Waals surface area contributed by atoms with Crippen LogP contribution in [0.2, 0.25) is 0 Å². The van der Waals surface area contributed by atoms with Crippen molar-refractivity contribution < 1.29 is 4.79 Å². The van der Waals surface area contributed by atoms with Gasteiger partial charge in [0.1, 0.15) is 0 Å². The molecule has 1 unspecified atom stereocenters. The first kappa shape index (κ1) is 16.7. The van der Waals surface area contributed by atoms with Crippen LogP contribution in [0.5, 0.6) is 0 Å². The molecule has 0 radical (unpaired) electrons. The molecule has 0 saturated heterocycles. The second-order valence-corrected chi connectivity index (χ2v) is 7.74. The lowest BCUT2D eigenvalue weighted by molar-refractivity contribution is -0.115. The molecule has 0 spiro atoms. The SMILES string of the molecule is Cc1cccc(C2=CC(=O)CC(c3cccc(C)c3Br)C2)c1Br. The molecule has 23 heavy (non-hydrogen) atoms. The molecule has 3 heteroatoms. The second kappa shape index (κ2) is 6.74. The van der Waals surface area contributed by atoms with Gasteiger partial charge in [0.15, 0.2) is 5.78 Å². The minimum atomic E-state index is 0.207. The van der Waals surface area contributed by atoms with Crippen LogP contribution in [-0.4, -0.2) is 5.78 Å². The standard InChI is InChI=1S/C20H18Br2O/c1-12-5-3-7-17(19(12)21)14-9-15(11-16(23)10-14)18-8-4-6-13(2)20(18)22/h3-8,10,15H,9,11H2,1-2H3. The smallest absolute Gasteiger partial charge is 0.156 e. The fourth-order valence-corrected chi connectivity index (χ4v) is 4.29. The van der Waals surface area contributed by atoms with E-state index in [2.05, 4.69) is 76.0 Å². The summed E-state index contributed by atoms with van der Waals surface area (Å²) < 4.78 is 2.21. The van der Waals surface area contributed by atoms with Gasteiger partial charge in [0.05, 0.1) is 0 Å². The van der Waals surface area contributed by atoms with Crippen molar-refractivity contribution in [3.05, 3.63) is 73.7 Å². The molecule has 0 aliphatic heterocycles. The van der Waals surface area contributed by atoms with Crippen molar-refractivity contribution in [2.75, 3.05) is 0 Å².